The lowest BCUT2D eigenvalue weighted by atomic mass is 9.83. The Balaban J connectivity index is 2.37. The first-order valence-corrected chi connectivity index (χ1v) is 10.8. The molecule has 0 saturated carbocycles. The minimum atomic E-state index is -2.39. The van der Waals surface area contributed by atoms with Crippen molar-refractivity contribution in [3.8, 4) is 0 Å². The third kappa shape index (κ3) is 5.71. The van der Waals surface area contributed by atoms with E-state index in [1.54, 1.807) is 21.3 Å². The zero-order valence-corrected chi connectivity index (χ0v) is 16.3. The summed E-state index contributed by atoms with van der Waals surface area (Å²) in [5, 5.41) is 0. The molecule has 124 valence electrons. The quantitative estimate of drug-likeness (QED) is 0.356. The summed E-state index contributed by atoms with van der Waals surface area (Å²) in [5.74, 6) is 2.64. The summed E-state index contributed by atoms with van der Waals surface area (Å²) in [5.41, 5.74) is 0. The van der Waals surface area contributed by atoms with Crippen LogP contribution in [0.1, 0.15) is 40.0 Å². The van der Waals surface area contributed by atoms with Crippen molar-refractivity contribution in [1.29, 1.82) is 0 Å². The third-order valence-electron chi connectivity index (χ3n) is 4.52. The second-order valence-electron chi connectivity index (χ2n) is 6.37. The maximum atomic E-state index is 5.47. The van der Waals surface area contributed by atoms with E-state index in [9.17, 15) is 0 Å². The Labute approximate surface area is 136 Å². The lowest BCUT2D eigenvalue weighted by Gasteiger charge is -2.33. The van der Waals surface area contributed by atoms with Gasteiger partial charge in [-0.3, -0.25) is 0 Å². The number of thioether (sulfide) groups is 1. The maximum Gasteiger partial charge on any atom is 0.500 e. The standard InChI is InChI=1S/C16H32O3SSi/c1-14(2)15-8-10-16(3,11-9-15)20-12-7-13-21(17-4,18-5)19-6/h8,10,14-15H,7,9,11-13H2,1-6H3. The van der Waals surface area contributed by atoms with Gasteiger partial charge in [0.15, 0.2) is 0 Å². The van der Waals surface area contributed by atoms with Gasteiger partial charge >= 0.3 is 8.80 Å². The van der Waals surface area contributed by atoms with Crippen LogP contribution in [0, 0.1) is 11.8 Å². The Morgan fingerprint density at radius 3 is 2.29 bits per heavy atom. The predicted molar refractivity (Wildman–Crippen MR) is 93.8 cm³/mol. The largest absolute Gasteiger partial charge is 0.500 e. The van der Waals surface area contributed by atoms with Crippen molar-refractivity contribution in [2.24, 2.45) is 11.8 Å². The van der Waals surface area contributed by atoms with Gasteiger partial charge in [-0.05, 0) is 43.8 Å². The fraction of sp³-hybridized carbons (Fsp3) is 0.875. The van der Waals surface area contributed by atoms with Gasteiger partial charge in [0.2, 0.25) is 0 Å². The molecule has 1 aliphatic carbocycles. The van der Waals surface area contributed by atoms with Gasteiger partial charge in [0.05, 0.1) is 0 Å². The molecule has 0 saturated heterocycles. The van der Waals surface area contributed by atoms with Crippen LogP contribution >= 0.6 is 11.8 Å². The van der Waals surface area contributed by atoms with Crippen LogP contribution in [-0.4, -0.2) is 40.6 Å². The first-order chi connectivity index (χ1) is 9.90. The highest BCUT2D eigenvalue weighted by molar-refractivity contribution is 8.00. The molecule has 0 N–H and O–H groups in total. The Hall–Kier alpha value is 0.187. The minimum absolute atomic E-state index is 0.294. The highest BCUT2D eigenvalue weighted by Crippen LogP contribution is 2.39. The molecule has 2 atom stereocenters. The smallest absolute Gasteiger partial charge is 0.377 e. The van der Waals surface area contributed by atoms with Gasteiger partial charge in [-0.1, -0.05) is 26.0 Å². The van der Waals surface area contributed by atoms with Crippen LogP contribution in [0.25, 0.3) is 0 Å². The number of rotatable bonds is 9. The summed E-state index contributed by atoms with van der Waals surface area (Å²) >= 11 is 2.05. The molecule has 21 heavy (non-hydrogen) atoms. The lowest BCUT2D eigenvalue weighted by Crippen LogP contribution is -2.42. The van der Waals surface area contributed by atoms with E-state index in [2.05, 4.69) is 44.7 Å². The van der Waals surface area contributed by atoms with E-state index in [0.717, 1.165) is 30.1 Å². The van der Waals surface area contributed by atoms with Gasteiger partial charge in [0, 0.05) is 32.1 Å². The molecular weight excluding hydrogens is 300 g/mol. The van der Waals surface area contributed by atoms with Crippen LogP contribution in [0.3, 0.4) is 0 Å². The van der Waals surface area contributed by atoms with Crippen LogP contribution in [0.15, 0.2) is 12.2 Å². The van der Waals surface area contributed by atoms with Crippen molar-refractivity contribution in [1.82, 2.24) is 0 Å². The van der Waals surface area contributed by atoms with Gasteiger partial charge in [-0.25, -0.2) is 0 Å². The highest BCUT2D eigenvalue weighted by Gasteiger charge is 2.37. The summed E-state index contributed by atoms with van der Waals surface area (Å²) in [6, 6.07) is 0.887. The summed E-state index contributed by atoms with van der Waals surface area (Å²) in [6.45, 7) is 6.99. The molecule has 0 radical (unpaired) electrons. The van der Waals surface area contributed by atoms with Crippen LogP contribution in [0.2, 0.25) is 6.04 Å². The molecule has 2 unspecified atom stereocenters. The van der Waals surface area contributed by atoms with Crippen LogP contribution < -0.4 is 0 Å². The molecule has 0 amide bonds. The Bertz CT molecular complexity index is 323. The molecular formula is C16H32O3SSi. The third-order valence-corrected chi connectivity index (χ3v) is 8.84. The second kappa shape index (κ2) is 8.72. The lowest BCUT2D eigenvalue weighted by molar-refractivity contribution is 0.123. The van der Waals surface area contributed by atoms with E-state index in [-0.39, 0.29) is 0 Å². The molecule has 3 nitrogen and oxygen atoms in total. The van der Waals surface area contributed by atoms with Crippen molar-refractivity contribution in [3.63, 3.8) is 0 Å². The summed E-state index contributed by atoms with van der Waals surface area (Å²) in [4.78, 5) is 0. The average Bonchev–Trinajstić information content (AvgIpc) is 2.49. The normalized spacial score (nSPS) is 26.5. The first-order valence-electron chi connectivity index (χ1n) is 7.89. The van der Waals surface area contributed by atoms with Crippen molar-refractivity contribution in [2.75, 3.05) is 27.1 Å². The molecule has 0 spiro atoms. The molecule has 0 aromatic rings. The van der Waals surface area contributed by atoms with Gasteiger partial charge < -0.3 is 13.3 Å². The molecule has 0 fully saturated rings. The van der Waals surface area contributed by atoms with E-state index < -0.39 is 8.80 Å². The minimum Gasteiger partial charge on any atom is -0.377 e. The molecule has 5 heteroatoms. The van der Waals surface area contributed by atoms with Crippen molar-refractivity contribution in [2.45, 2.75) is 50.8 Å². The number of hydrogen-bond acceptors (Lipinski definition) is 4. The van der Waals surface area contributed by atoms with Gasteiger partial charge in [0.1, 0.15) is 0 Å². The zero-order chi connectivity index (χ0) is 15.9. The fourth-order valence-electron chi connectivity index (χ4n) is 2.79. The van der Waals surface area contributed by atoms with Crippen LogP contribution in [0.4, 0.5) is 0 Å². The molecule has 0 aliphatic heterocycles. The van der Waals surface area contributed by atoms with E-state index in [4.69, 9.17) is 13.3 Å². The van der Waals surface area contributed by atoms with E-state index in [1.807, 2.05) is 0 Å². The zero-order valence-electron chi connectivity index (χ0n) is 14.5. The summed E-state index contributed by atoms with van der Waals surface area (Å²) in [6.07, 6.45) is 8.52. The van der Waals surface area contributed by atoms with Gasteiger partial charge in [0.25, 0.3) is 0 Å². The van der Waals surface area contributed by atoms with Crippen molar-refractivity contribution < 1.29 is 13.3 Å². The van der Waals surface area contributed by atoms with Gasteiger partial charge in [-0.15, -0.1) is 0 Å². The topological polar surface area (TPSA) is 27.7 Å². The summed E-state index contributed by atoms with van der Waals surface area (Å²) in [7, 11) is 2.67. The Kier molecular flexibility index (Phi) is 7.99. The van der Waals surface area contributed by atoms with Crippen molar-refractivity contribution >= 4 is 20.6 Å². The van der Waals surface area contributed by atoms with E-state index in [0.29, 0.717) is 4.75 Å². The maximum absolute atomic E-state index is 5.47. The predicted octanol–water partition coefficient (Wildman–Crippen LogP) is 4.37. The monoisotopic (exact) mass is 332 g/mol. The Morgan fingerprint density at radius 1 is 1.24 bits per heavy atom. The Morgan fingerprint density at radius 2 is 1.86 bits per heavy atom. The molecule has 0 bridgehead atoms. The first kappa shape index (κ1) is 19.2. The SMILES string of the molecule is CO[Si](CCCSC1(C)C=CC(C(C)C)CC1)(OC)OC. The molecule has 1 aliphatic rings. The molecule has 0 heterocycles. The second-order valence-corrected chi connectivity index (χ2v) is 11.1. The number of hydrogen-bond donors (Lipinski definition) is 0. The molecule has 0 aromatic heterocycles. The van der Waals surface area contributed by atoms with Crippen LogP contribution in [-0.2, 0) is 13.3 Å². The molecule has 0 aromatic carbocycles. The van der Waals surface area contributed by atoms with Crippen LogP contribution in [0.5, 0.6) is 0 Å². The summed E-state index contributed by atoms with van der Waals surface area (Å²) < 4.78 is 16.7. The van der Waals surface area contributed by atoms with E-state index >= 15 is 0 Å². The average molecular weight is 333 g/mol. The van der Waals surface area contributed by atoms with E-state index in [1.165, 1.54) is 12.8 Å². The fourth-order valence-corrected chi connectivity index (χ4v) is 5.96. The highest BCUT2D eigenvalue weighted by atomic mass is 32.2. The van der Waals surface area contributed by atoms with Crippen molar-refractivity contribution in [3.05, 3.63) is 12.2 Å². The number of allylic oxidation sites excluding steroid dienone is 1. The van der Waals surface area contributed by atoms with Gasteiger partial charge in [-0.2, -0.15) is 11.8 Å². The molecule has 1 rings (SSSR count).